The number of hydrogen-bond acceptors (Lipinski definition) is 3. The lowest BCUT2D eigenvalue weighted by molar-refractivity contribution is -0.150. The molecular weight excluding hydrogens is 235 g/mol. The number of rotatable bonds is 3. The van der Waals surface area contributed by atoms with E-state index in [0.29, 0.717) is 0 Å². The third-order valence-electron chi connectivity index (χ3n) is 2.20. The number of carbonyl (C=O) groups excluding carboxylic acids is 1. The van der Waals surface area contributed by atoms with Crippen LogP contribution < -0.4 is 0 Å². The zero-order valence-electron chi connectivity index (χ0n) is 8.91. The molecule has 88 valence electrons. The highest BCUT2D eigenvalue weighted by Crippen LogP contribution is 2.32. The Morgan fingerprint density at radius 1 is 1.56 bits per heavy atom. The number of aliphatic hydroxyl groups excluding tert-OH is 1. The third-order valence-corrected chi connectivity index (χ3v) is 2.53. The van der Waals surface area contributed by atoms with Gasteiger partial charge in [-0.05, 0) is 18.6 Å². The Labute approximate surface area is 97.8 Å². The molecule has 1 rings (SSSR count). The second-order valence-corrected chi connectivity index (χ2v) is 3.69. The summed E-state index contributed by atoms with van der Waals surface area (Å²) in [4.78, 5) is 11.2. The molecule has 2 atom stereocenters. The molecule has 0 saturated heterocycles. The standard InChI is InChI=1S/C11H12ClFO3/c1-6(13)9-7(4-3-5-8(9)12)10(14)11(15)16-2/h3-6,10,14H,1-2H3. The number of benzene rings is 1. The van der Waals surface area contributed by atoms with Gasteiger partial charge in [-0.1, -0.05) is 23.7 Å². The first-order valence-electron chi connectivity index (χ1n) is 4.67. The third kappa shape index (κ3) is 2.51. The number of carbonyl (C=O) groups is 1. The van der Waals surface area contributed by atoms with Gasteiger partial charge in [0, 0.05) is 10.6 Å². The van der Waals surface area contributed by atoms with Crippen LogP contribution in [0.2, 0.25) is 5.02 Å². The van der Waals surface area contributed by atoms with Crippen molar-refractivity contribution in [3.8, 4) is 0 Å². The van der Waals surface area contributed by atoms with Crippen LogP contribution in [0.5, 0.6) is 0 Å². The summed E-state index contributed by atoms with van der Waals surface area (Å²) in [5, 5.41) is 9.82. The highest BCUT2D eigenvalue weighted by molar-refractivity contribution is 6.31. The molecule has 5 heteroatoms. The molecule has 3 nitrogen and oxygen atoms in total. The number of alkyl halides is 1. The van der Waals surface area contributed by atoms with Crippen LogP contribution in [-0.4, -0.2) is 18.2 Å². The van der Waals surface area contributed by atoms with Gasteiger partial charge in [0.05, 0.1) is 7.11 Å². The summed E-state index contributed by atoms with van der Waals surface area (Å²) >= 11 is 5.81. The van der Waals surface area contributed by atoms with E-state index in [1.165, 1.54) is 25.1 Å². The van der Waals surface area contributed by atoms with Crippen molar-refractivity contribution in [1.29, 1.82) is 0 Å². The maximum atomic E-state index is 13.3. The molecule has 1 N–H and O–H groups in total. The van der Waals surface area contributed by atoms with Gasteiger partial charge >= 0.3 is 5.97 Å². The summed E-state index contributed by atoms with van der Waals surface area (Å²) in [6, 6.07) is 4.48. The van der Waals surface area contributed by atoms with Gasteiger partial charge in [-0.15, -0.1) is 0 Å². The Morgan fingerprint density at radius 3 is 2.69 bits per heavy atom. The van der Waals surface area contributed by atoms with Crippen molar-refractivity contribution < 1.29 is 19.0 Å². The zero-order chi connectivity index (χ0) is 12.3. The minimum absolute atomic E-state index is 0.113. The summed E-state index contributed by atoms with van der Waals surface area (Å²) < 4.78 is 17.7. The zero-order valence-corrected chi connectivity index (χ0v) is 9.66. The van der Waals surface area contributed by atoms with Gasteiger partial charge in [0.1, 0.15) is 6.17 Å². The Kier molecular flexibility index (Phi) is 4.26. The Hall–Kier alpha value is -1.13. The molecule has 0 radical (unpaired) electrons. The SMILES string of the molecule is COC(=O)C(O)c1cccc(Cl)c1C(C)F. The maximum Gasteiger partial charge on any atom is 0.339 e. The van der Waals surface area contributed by atoms with Crippen LogP contribution in [0, 0.1) is 0 Å². The topological polar surface area (TPSA) is 46.5 Å². The first kappa shape index (κ1) is 12.9. The molecule has 1 aromatic carbocycles. The van der Waals surface area contributed by atoms with Crippen LogP contribution in [-0.2, 0) is 9.53 Å². The minimum atomic E-state index is -1.52. The van der Waals surface area contributed by atoms with Crippen molar-refractivity contribution in [2.75, 3.05) is 7.11 Å². The second kappa shape index (κ2) is 5.27. The van der Waals surface area contributed by atoms with Crippen molar-refractivity contribution in [1.82, 2.24) is 0 Å². The van der Waals surface area contributed by atoms with Gasteiger partial charge in [0.2, 0.25) is 0 Å². The molecule has 0 bridgehead atoms. The molecule has 0 amide bonds. The van der Waals surface area contributed by atoms with Crippen molar-refractivity contribution in [2.24, 2.45) is 0 Å². The number of methoxy groups -OCH3 is 1. The largest absolute Gasteiger partial charge is 0.467 e. The van der Waals surface area contributed by atoms with Crippen LogP contribution in [0.4, 0.5) is 4.39 Å². The number of hydrogen-bond donors (Lipinski definition) is 1. The van der Waals surface area contributed by atoms with Gasteiger partial charge < -0.3 is 9.84 Å². The van der Waals surface area contributed by atoms with Crippen LogP contribution in [0.3, 0.4) is 0 Å². The monoisotopic (exact) mass is 246 g/mol. The van der Waals surface area contributed by atoms with Gasteiger partial charge in [-0.2, -0.15) is 0 Å². The lowest BCUT2D eigenvalue weighted by Crippen LogP contribution is -2.15. The van der Waals surface area contributed by atoms with E-state index in [-0.39, 0.29) is 16.1 Å². The highest BCUT2D eigenvalue weighted by atomic mass is 35.5. The molecule has 0 spiro atoms. The van der Waals surface area contributed by atoms with Crippen molar-refractivity contribution in [2.45, 2.75) is 19.2 Å². The van der Waals surface area contributed by atoms with Crippen LogP contribution >= 0.6 is 11.6 Å². The van der Waals surface area contributed by atoms with Crippen molar-refractivity contribution >= 4 is 17.6 Å². The summed E-state index contributed by atoms with van der Waals surface area (Å²) in [7, 11) is 1.15. The normalized spacial score (nSPS) is 14.3. The van der Waals surface area contributed by atoms with E-state index in [9.17, 15) is 14.3 Å². The van der Waals surface area contributed by atoms with Gasteiger partial charge in [-0.25, -0.2) is 9.18 Å². The smallest absolute Gasteiger partial charge is 0.339 e. The molecular formula is C11H12ClFO3. The number of ether oxygens (including phenoxy) is 1. The van der Waals surface area contributed by atoms with E-state index >= 15 is 0 Å². The van der Waals surface area contributed by atoms with E-state index in [4.69, 9.17) is 11.6 Å². The highest BCUT2D eigenvalue weighted by Gasteiger charge is 2.24. The van der Waals surface area contributed by atoms with Crippen LogP contribution in [0.15, 0.2) is 18.2 Å². The van der Waals surface area contributed by atoms with Gasteiger partial charge in [-0.3, -0.25) is 0 Å². The quantitative estimate of drug-likeness (QED) is 0.834. The molecule has 0 aliphatic heterocycles. The first-order valence-corrected chi connectivity index (χ1v) is 5.05. The average molecular weight is 247 g/mol. The van der Waals surface area contributed by atoms with Crippen molar-refractivity contribution in [3.63, 3.8) is 0 Å². The van der Waals surface area contributed by atoms with Gasteiger partial charge in [0.15, 0.2) is 6.10 Å². The van der Waals surface area contributed by atoms with E-state index in [2.05, 4.69) is 4.74 Å². The number of halogens is 2. The van der Waals surface area contributed by atoms with Crippen LogP contribution in [0.25, 0.3) is 0 Å². The van der Waals surface area contributed by atoms with E-state index in [1.54, 1.807) is 0 Å². The Balaban J connectivity index is 3.22. The molecule has 0 fully saturated rings. The predicted octanol–water partition coefficient (Wildman–Crippen LogP) is 2.58. The maximum absolute atomic E-state index is 13.3. The summed E-state index contributed by atoms with van der Waals surface area (Å²) in [5.41, 5.74) is 0.247. The Morgan fingerprint density at radius 2 is 2.19 bits per heavy atom. The fourth-order valence-electron chi connectivity index (χ4n) is 1.45. The lowest BCUT2D eigenvalue weighted by atomic mass is 9.99. The molecule has 1 aromatic rings. The summed E-state index contributed by atoms with van der Waals surface area (Å²) in [5.74, 6) is -0.843. The molecule has 0 aliphatic rings. The molecule has 2 unspecified atom stereocenters. The van der Waals surface area contributed by atoms with E-state index in [0.717, 1.165) is 7.11 Å². The van der Waals surface area contributed by atoms with E-state index in [1.807, 2.05) is 0 Å². The lowest BCUT2D eigenvalue weighted by Gasteiger charge is -2.15. The predicted molar refractivity (Wildman–Crippen MR) is 58.0 cm³/mol. The van der Waals surface area contributed by atoms with Gasteiger partial charge in [0.25, 0.3) is 0 Å². The minimum Gasteiger partial charge on any atom is -0.467 e. The molecule has 0 saturated carbocycles. The molecule has 16 heavy (non-hydrogen) atoms. The fraction of sp³-hybridized carbons (Fsp3) is 0.364. The number of esters is 1. The Bertz CT molecular complexity index is 393. The molecule has 0 heterocycles. The molecule has 0 aliphatic carbocycles. The summed E-state index contributed by atoms with van der Waals surface area (Å²) in [6.07, 6.45) is -2.89. The number of aliphatic hydroxyl groups is 1. The van der Waals surface area contributed by atoms with Crippen molar-refractivity contribution in [3.05, 3.63) is 34.3 Å². The molecule has 0 aromatic heterocycles. The fourth-order valence-corrected chi connectivity index (χ4v) is 1.78. The van der Waals surface area contributed by atoms with E-state index < -0.39 is 18.2 Å². The van der Waals surface area contributed by atoms with Crippen LogP contribution in [0.1, 0.15) is 30.3 Å². The second-order valence-electron chi connectivity index (χ2n) is 3.28. The summed E-state index contributed by atoms with van der Waals surface area (Å²) in [6.45, 7) is 1.29. The first-order chi connectivity index (χ1) is 7.49. The average Bonchev–Trinajstić information content (AvgIpc) is 2.26.